The van der Waals surface area contributed by atoms with Crippen molar-refractivity contribution in [2.45, 2.75) is 26.1 Å². The first-order valence-electron chi connectivity index (χ1n) is 5.27. The molecule has 0 saturated heterocycles. The summed E-state index contributed by atoms with van der Waals surface area (Å²) in [6, 6.07) is 4.08. The molecule has 0 aliphatic rings. The molecule has 84 valence electrons. The van der Waals surface area contributed by atoms with Crippen LogP contribution in [0.2, 0.25) is 0 Å². The summed E-state index contributed by atoms with van der Waals surface area (Å²) >= 11 is 7.13. The average molecular weight is 242 g/mol. The molecule has 1 heterocycles. The Balaban J connectivity index is 2.51. The first kappa shape index (κ1) is 12.6. The van der Waals surface area contributed by atoms with Crippen LogP contribution in [0.4, 0.5) is 0 Å². The highest BCUT2D eigenvalue weighted by Crippen LogP contribution is 2.25. The third-order valence-electron chi connectivity index (χ3n) is 2.34. The van der Waals surface area contributed by atoms with Crippen LogP contribution in [0, 0.1) is 0 Å². The molecule has 0 spiro atoms. The highest BCUT2D eigenvalue weighted by molar-refractivity contribution is 8.22. The zero-order valence-electron chi connectivity index (χ0n) is 9.51. The van der Waals surface area contributed by atoms with Gasteiger partial charge in [-0.3, -0.25) is 0 Å². The normalized spacial score (nSPS) is 12.5. The third kappa shape index (κ3) is 3.54. The minimum Gasteiger partial charge on any atom is -0.358 e. The van der Waals surface area contributed by atoms with E-state index in [9.17, 15) is 0 Å². The Labute approximate surface area is 102 Å². The lowest BCUT2D eigenvalue weighted by molar-refractivity contribution is 0.482. The van der Waals surface area contributed by atoms with E-state index >= 15 is 0 Å². The summed E-state index contributed by atoms with van der Waals surface area (Å²) in [7, 11) is 0. The highest BCUT2D eigenvalue weighted by Gasteiger charge is 2.11. The van der Waals surface area contributed by atoms with Gasteiger partial charge < -0.3 is 9.47 Å². The maximum Gasteiger partial charge on any atom is 0.138 e. The molecular weight excluding hydrogens is 224 g/mol. The molecule has 1 atom stereocenters. The molecule has 2 nitrogen and oxygen atoms in total. The monoisotopic (exact) mass is 242 g/mol. The van der Waals surface area contributed by atoms with Gasteiger partial charge in [-0.15, -0.1) is 0 Å². The SMILES string of the molecule is CCN(CC)C(=S)S[C@@H](C)n1cccc1. The first-order valence-corrected chi connectivity index (χ1v) is 6.55. The van der Waals surface area contributed by atoms with Gasteiger partial charge in [-0.2, -0.15) is 0 Å². The van der Waals surface area contributed by atoms with Crippen molar-refractivity contribution in [1.82, 2.24) is 9.47 Å². The van der Waals surface area contributed by atoms with Gasteiger partial charge in [-0.05, 0) is 32.9 Å². The van der Waals surface area contributed by atoms with E-state index in [0.29, 0.717) is 5.37 Å². The molecule has 4 heteroatoms. The van der Waals surface area contributed by atoms with E-state index < -0.39 is 0 Å². The summed E-state index contributed by atoms with van der Waals surface area (Å²) in [5.41, 5.74) is 0. The van der Waals surface area contributed by atoms with Gasteiger partial charge in [-0.25, -0.2) is 0 Å². The number of aromatic nitrogens is 1. The number of hydrogen-bond acceptors (Lipinski definition) is 2. The lowest BCUT2D eigenvalue weighted by atomic mass is 10.6. The topological polar surface area (TPSA) is 8.17 Å². The summed E-state index contributed by atoms with van der Waals surface area (Å²) in [5, 5.41) is 0.369. The molecule has 0 fully saturated rings. The van der Waals surface area contributed by atoms with Crippen LogP contribution >= 0.6 is 24.0 Å². The number of thioether (sulfide) groups is 1. The second-order valence-electron chi connectivity index (χ2n) is 3.29. The maximum atomic E-state index is 5.40. The van der Waals surface area contributed by atoms with E-state index in [1.165, 1.54) is 0 Å². The van der Waals surface area contributed by atoms with Crippen molar-refractivity contribution >= 4 is 28.3 Å². The molecule has 15 heavy (non-hydrogen) atoms. The van der Waals surface area contributed by atoms with Crippen molar-refractivity contribution in [3.05, 3.63) is 24.5 Å². The van der Waals surface area contributed by atoms with Gasteiger partial charge in [0.2, 0.25) is 0 Å². The second-order valence-corrected chi connectivity index (χ2v) is 5.24. The third-order valence-corrected chi connectivity index (χ3v) is 3.93. The van der Waals surface area contributed by atoms with Gasteiger partial charge in [-0.1, -0.05) is 24.0 Å². The molecule has 1 aromatic rings. The molecule has 1 rings (SSSR count). The van der Waals surface area contributed by atoms with Gasteiger partial charge >= 0.3 is 0 Å². The fraction of sp³-hybridized carbons (Fsp3) is 0.545. The predicted octanol–water partition coefficient (Wildman–Crippen LogP) is 3.37. The summed E-state index contributed by atoms with van der Waals surface area (Å²) in [4.78, 5) is 2.21. The Hall–Kier alpha value is -0.480. The first-order chi connectivity index (χ1) is 7.19. The van der Waals surface area contributed by atoms with Crippen LogP contribution in [0.3, 0.4) is 0 Å². The van der Waals surface area contributed by atoms with Crippen LogP contribution in [0.25, 0.3) is 0 Å². The zero-order chi connectivity index (χ0) is 11.3. The van der Waals surface area contributed by atoms with Gasteiger partial charge in [0.05, 0.1) is 5.37 Å². The van der Waals surface area contributed by atoms with Crippen molar-refractivity contribution in [3.8, 4) is 0 Å². The molecule has 0 aliphatic heterocycles. The fourth-order valence-electron chi connectivity index (χ4n) is 1.35. The molecule has 0 aliphatic carbocycles. The number of hydrogen-bond donors (Lipinski definition) is 0. The van der Waals surface area contributed by atoms with E-state index in [-0.39, 0.29) is 0 Å². The minimum absolute atomic E-state index is 0.369. The molecule has 0 unspecified atom stereocenters. The standard InChI is InChI=1S/C11H18N2S2/c1-4-12(5-2)11(14)15-10(3)13-8-6-7-9-13/h6-10H,4-5H2,1-3H3/t10-/m0/s1. The summed E-state index contributed by atoms with van der Waals surface area (Å²) in [5.74, 6) is 0. The van der Waals surface area contributed by atoms with Crippen molar-refractivity contribution in [3.63, 3.8) is 0 Å². The molecule has 0 amide bonds. The highest BCUT2D eigenvalue weighted by atomic mass is 32.2. The lowest BCUT2D eigenvalue weighted by Crippen LogP contribution is -2.27. The molecule has 0 radical (unpaired) electrons. The van der Waals surface area contributed by atoms with Gasteiger partial charge in [0.25, 0.3) is 0 Å². The molecular formula is C11H18N2S2. The molecule has 0 bridgehead atoms. The Morgan fingerprint density at radius 1 is 1.33 bits per heavy atom. The number of nitrogens with zero attached hydrogens (tertiary/aromatic N) is 2. The van der Waals surface area contributed by atoms with Gasteiger partial charge in [0.1, 0.15) is 4.32 Å². The molecule has 0 N–H and O–H groups in total. The van der Waals surface area contributed by atoms with E-state index in [2.05, 4.69) is 42.6 Å². The van der Waals surface area contributed by atoms with E-state index in [1.54, 1.807) is 11.8 Å². The van der Waals surface area contributed by atoms with Crippen LogP contribution in [-0.4, -0.2) is 26.9 Å². The minimum atomic E-state index is 0.369. The largest absolute Gasteiger partial charge is 0.358 e. The smallest absolute Gasteiger partial charge is 0.138 e. The van der Waals surface area contributed by atoms with E-state index in [1.807, 2.05) is 12.1 Å². The van der Waals surface area contributed by atoms with Crippen molar-refractivity contribution in [1.29, 1.82) is 0 Å². The summed E-state index contributed by atoms with van der Waals surface area (Å²) < 4.78 is 3.15. The van der Waals surface area contributed by atoms with Crippen LogP contribution in [0.5, 0.6) is 0 Å². The number of rotatable bonds is 4. The Kier molecular flexibility index (Phi) is 5.19. The second kappa shape index (κ2) is 6.18. The van der Waals surface area contributed by atoms with Crippen molar-refractivity contribution in [2.24, 2.45) is 0 Å². The molecule has 0 aromatic carbocycles. The average Bonchev–Trinajstić information content (AvgIpc) is 2.72. The predicted molar refractivity (Wildman–Crippen MR) is 72.3 cm³/mol. The van der Waals surface area contributed by atoms with Crippen LogP contribution in [-0.2, 0) is 0 Å². The number of thiocarbonyl (C=S) groups is 1. The van der Waals surface area contributed by atoms with Crippen LogP contribution < -0.4 is 0 Å². The van der Waals surface area contributed by atoms with E-state index in [4.69, 9.17) is 12.2 Å². The van der Waals surface area contributed by atoms with Crippen molar-refractivity contribution < 1.29 is 0 Å². The summed E-state index contributed by atoms with van der Waals surface area (Å²) in [6.07, 6.45) is 4.14. The molecule has 0 saturated carbocycles. The van der Waals surface area contributed by atoms with Crippen LogP contribution in [0.1, 0.15) is 26.1 Å². The molecule has 1 aromatic heterocycles. The zero-order valence-corrected chi connectivity index (χ0v) is 11.1. The van der Waals surface area contributed by atoms with E-state index in [0.717, 1.165) is 17.4 Å². The Morgan fingerprint density at radius 2 is 1.87 bits per heavy atom. The quantitative estimate of drug-likeness (QED) is 0.749. The Bertz CT molecular complexity index is 292. The van der Waals surface area contributed by atoms with Gasteiger partial charge in [0, 0.05) is 25.5 Å². The lowest BCUT2D eigenvalue weighted by Gasteiger charge is -2.23. The van der Waals surface area contributed by atoms with Gasteiger partial charge in [0.15, 0.2) is 0 Å². The van der Waals surface area contributed by atoms with Crippen LogP contribution in [0.15, 0.2) is 24.5 Å². The van der Waals surface area contributed by atoms with Crippen molar-refractivity contribution in [2.75, 3.05) is 13.1 Å². The fourth-order valence-corrected chi connectivity index (χ4v) is 2.99. The maximum absolute atomic E-state index is 5.40. The Morgan fingerprint density at radius 3 is 2.33 bits per heavy atom. The summed E-state index contributed by atoms with van der Waals surface area (Å²) in [6.45, 7) is 8.41.